The molecule has 0 bridgehead atoms. The molecule has 0 spiro atoms. The molecule has 6 nitrogen and oxygen atoms in total. The molecule has 0 aliphatic rings. The molecule has 2 N–H and O–H groups in total. The Balaban J connectivity index is 2.32. The molecule has 0 unspecified atom stereocenters. The molecule has 44 heavy (non-hydrogen) atoms. The quantitative estimate of drug-likeness (QED) is 0.104. The lowest BCUT2D eigenvalue weighted by molar-refractivity contribution is 0.0469. The molecule has 2 aromatic carbocycles. The maximum Gasteiger partial charge on any atom is 0.119 e. The van der Waals surface area contributed by atoms with Crippen LogP contribution in [0.2, 0.25) is 0 Å². The molecule has 0 fully saturated rings. The highest BCUT2D eigenvalue weighted by molar-refractivity contribution is 6.18. The molecular weight excluding hydrogens is 642 g/mol. The number of nitrogens with zero attached hydrogens (tertiary/aromatic N) is 2. The second-order valence-corrected chi connectivity index (χ2v) is 12.7. The molecular formula is C34H52Cl4N2O4. The molecule has 0 amide bonds. The molecule has 0 radical (unpaired) electrons. The van der Waals surface area contributed by atoms with E-state index in [9.17, 15) is 10.2 Å². The fourth-order valence-corrected chi connectivity index (χ4v) is 6.32. The van der Waals surface area contributed by atoms with E-state index in [0.717, 1.165) is 35.5 Å². The molecule has 250 valence electrons. The zero-order valence-corrected chi connectivity index (χ0v) is 29.4. The third-order valence-electron chi connectivity index (χ3n) is 7.78. The molecule has 0 heterocycles. The average Bonchev–Trinajstić information content (AvgIpc) is 3.04. The van der Waals surface area contributed by atoms with Gasteiger partial charge in [-0.15, -0.1) is 46.4 Å². The number of hydrogen-bond acceptors (Lipinski definition) is 6. The van der Waals surface area contributed by atoms with Crippen LogP contribution in [0, 0.1) is 11.8 Å². The van der Waals surface area contributed by atoms with Crippen LogP contribution in [0.25, 0.3) is 0 Å². The van der Waals surface area contributed by atoms with E-state index < -0.39 is 12.2 Å². The Morgan fingerprint density at radius 1 is 0.568 bits per heavy atom. The van der Waals surface area contributed by atoms with Crippen LogP contribution in [0.4, 0.5) is 0 Å². The van der Waals surface area contributed by atoms with E-state index >= 15 is 0 Å². The van der Waals surface area contributed by atoms with Gasteiger partial charge in [0.05, 0.1) is 25.4 Å². The average molecular weight is 695 g/mol. The normalized spacial score (nSPS) is 14.5. The third kappa shape index (κ3) is 14.2. The highest BCUT2D eigenvalue weighted by atomic mass is 35.5. The fraction of sp³-hybridized carbons (Fsp3) is 0.647. The first-order chi connectivity index (χ1) is 21.4. The monoisotopic (exact) mass is 692 g/mol. The number of ether oxygens (including phenoxy) is 2. The van der Waals surface area contributed by atoms with Crippen LogP contribution in [0.5, 0.6) is 11.5 Å². The van der Waals surface area contributed by atoms with Gasteiger partial charge in [-0.1, -0.05) is 38.1 Å². The van der Waals surface area contributed by atoms with E-state index in [2.05, 4.69) is 23.6 Å². The predicted octanol–water partition coefficient (Wildman–Crippen LogP) is 7.60. The van der Waals surface area contributed by atoms with Crippen LogP contribution in [0.15, 0.2) is 48.5 Å². The largest absolute Gasteiger partial charge is 0.494 e. The molecule has 10 heteroatoms. The van der Waals surface area contributed by atoms with Gasteiger partial charge in [-0.3, -0.25) is 0 Å². The Labute approximate surface area is 285 Å². The number of alkyl halides is 4. The van der Waals surface area contributed by atoms with Crippen molar-refractivity contribution in [3.05, 3.63) is 59.7 Å². The number of hydrogen-bond donors (Lipinski definition) is 2. The van der Waals surface area contributed by atoms with E-state index in [-0.39, 0.29) is 11.8 Å². The lowest BCUT2D eigenvalue weighted by atomic mass is 9.84. The van der Waals surface area contributed by atoms with Crippen molar-refractivity contribution in [3.63, 3.8) is 0 Å². The van der Waals surface area contributed by atoms with Crippen LogP contribution in [-0.2, 0) is 0 Å². The second-order valence-electron chi connectivity index (χ2n) is 11.2. The molecule has 0 aromatic heterocycles. The predicted molar refractivity (Wildman–Crippen MR) is 186 cm³/mol. The van der Waals surface area contributed by atoms with Crippen molar-refractivity contribution >= 4 is 46.4 Å². The lowest BCUT2D eigenvalue weighted by Crippen LogP contribution is -2.37. The summed E-state index contributed by atoms with van der Waals surface area (Å²) in [7, 11) is 0. The standard InChI is InChI=1S/C34H52Cl4N2O4/c1-3-23-43-31-11-7-27(8-12-31)33(41)29(25-39(19-15-35)20-16-36)5-6-30(26-40(21-17-37)22-18-38)34(42)28-9-13-32(14-10-28)44-24-4-2/h7-14,29-30,33-34,41-42H,3-6,15-26H2,1-2H3/t29-,30-,33+,34+/m1/s1. The van der Waals surface area contributed by atoms with Crippen molar-refractivity contribution in [3.8, 4) is 11.5 Å². The van der Waals surface area contributed by atoms with E-state index in [0.29, 0.717) is 88.8 Å². The molecule has 0 aliphatic heterocycles. The first-order valence-corrected chi connectivity index (χ1v) is 18.0. The molecule has 0 saturated heterocycles. The Bertz CT molecular complexity index is 895. The van der Waals surface area contributed by atoms with Crippen LogP contribution in [0.3, 0.4) is 0 Å². The summed E-state index contributed by atoms with van der Waals surface area (Å²) in [6.45, 7) is 9.43. The lowest BCUT2D eigenvalue weighted by Gasteiger charge is -2.34. The highest BCUT2D eigenvalue weighted by Gasteiger charge is 2.29. The van der Waals surface area contributed by atoms with Crippen LogP contribution < -0.4 is 9.47 Å². The number of benzene rings is 2. The van der Waals surface area contributed by atoms with Crippen molar-refractivity contribution in [2.75, 3.05) is 76.0 Å². The van der Waals surface area contributed by atoms with E-state index in [4.69, 9.17) is 55.9 Å². The molecule has 4 atom stereocenters. The van der Waals surface area contributed by atoms with Gasteiger partial charge in [0.15, 0.2) is 0 Å². The molecule has 0 aliphatic carbocycles. The van der Waals surface area contributed by atoms with Gasteiger partial charge in [0.25, 0.3) is 0 Å². The summed E-state index contributed by atoms with van der Waals surface area (Å²) in [5.74, 6) is 3.28. The maximum absolute atomic E-state index is 11.7. The van der Waals surface area contributed by atoms with Crippen LogP contribution in [-0.4, -0.2) is 96.0 Å². The van der Waals surface area contributed by atoms with Gasteiger partial charge in [0.2, 0.25) is 0 Å². The van der Waals surface area contributed by atoms with Crippen molar-refractivity contribution in [1.82, 2.24) is 9.80 Å². The molecule has 0 saturated carbocycles. The number of aliphatic hydroxyl groups excluding tert-OH is 2. The van der Waals surface area contributed by atoms with E-state index in [1.165, 1.54) is 0 Å². The Morgan fingerprint density at radius 3 is 1.16 bits per heavy atom. The first-order valence-electron chi connectivity index (χ1n) is 15.9. The maximum atomic E-state index is 11.7. The van der Waals surface area contributed by atoms with Gasteiger partial charge in [-0.2, -0.15) is 0 Å². The summed E-state index contributed by atoms with van der Waals surface area (Å²) in [5, 5.41) is 23.4. The number of rotatable bonds is 25. The van der Waals surface area contributed by atoms with Crippen LogP contribution >= 0.6 is 46.4 Å². The zero-order valence-electron chi connectivity index (χ0n) is 26.4. The summed E-state index contributed by atoms with van der Waals surface area (Å²) in [6.07, 6.45) is 1.81. The summed E-state index contributed by atoms with van der Waals surface area (Å²) in [5.41, 5.74) is 1.67. The molecule has 2 aromatic rings. The van der Waals surface area contributed by atoms with Gasteiger partial charge in [-0.25, -0.2) is 0 Å². The number of aliphatic hydroxyl groups is 2. The van der Waals surface area contributed by atoms with Gasteiger partial charge in [0, 0.05) is 74.6 Å². The second kappa shape index (κ2) is 23.4. The SMILES string of the molecule is CCCOc1ccc([C@H](O)[C@H](CC[C@H](CN(CCCl)CCCl)[C@@H](O)c2ccc(OCCC)cc2)CN(CCCl)CCCl)cc1. The minimum Gasteiger partial charge on any atom is -0.494 e. The van der Waals surface area contributed by atoms with Crippen molar-refractivity contribution in [1.29, 1.82) is 0 Å². The van der Waals surface area contributed by atoms with Crippen LogP contribution in [0.1, 0.15) is 62.9 Å². The van der Waals surface area contributed by atoms with Crippen molar-refractivity contribution < 1.29 is 19.7 Å². The molecule has 2 rings (SSSR count). The van der Waals surface area contributed by atoms with Gasteiger partial charge in [-0.05, 0) is 61.1 Å². The Hall–Kier alpha value is -0.960. The first kappa shape index (κ1) is 39.2. The summed E-state index contributed by atoms with van der Waals surface area (Å²) >= 11 is 24.5. The highest BCUT2D eigenvalue weighted by Crippen LogP contribution is 2.34. The van der Waals surface area contributed by atoms with Gasteiger partial charge >= 0.3 is 0 Å². The van der Waals surface area contributed by atoms with Crippen molar-refractivity contribution in [2.24, 2.45) is 11.8 Å². The van der Waals surface area contributed by atoms with Crippen molar-refractivity contribution in [2.45, 2.75) is 51.7 Å². The topological polar surface area (TPSA) is 65.4 Å². The van der Waals surface area contributed by atoms with E-state index in [1.54, 1.807) is 0 Å². The van der Waals surface area contributed by atoms with Gasteiger partial charge in [0.1, 0.15) is 11.5 Å². The summed E-state index contributed by atoms with van der Waals surface area (Å²) < 4.78 is 11.5. The zero-order chi connectivity index (χ0) is 32.2. The smallest absolute Gasteiger partial charge is 0.119 e. The van der Waals surface area contributed by atoms with Gasteiger partial charge < -0.3 is 29.5 Å². The Morgan fingerprint density at radius 2 is 0.886 bits per heavy atom. The minimum atomic E-state index is -0.710. The third-order valence-corrected chi connectivity index (χ3v) is 8.45. The summed E-state index contributed by atoms with van der Waals surface area (Å²) in [4.78, 5) is 4.42. The summed E-state index contributed by atoms with van der Waals surface area (Å²) in [6, 6.07) is 15.4. The minimum absolute atomic E-state index is 0.113. The fourth-order valence-electron chi connectivity index (χ4n) is 5.36. The van der Waals surface area contributed by atoms with E-state index in [1.807, 2.05) is 48.5 Å². The Kier molecular flexibility index (Phi) is 20.8. The number of halogens is 4.